The summed E-state index contributed by atoms with van der Waals surface area (Å²) >= 11 is 3.50. The van der Waals surface area contributed by atoms with Crippen LogP contribution in [0.5, 0.6) is 0 Å². The molecule has 0 saturated carbocycles. The number of nitrogens with one attached hydrogen (secondary N) is 2. The summed E-state index contributed by atoms with van der Waals surface area (Å²) in [6, 6.07) is 6.41. The Morgan fingerprint density at radius 1 is 1.17 bits per heavy atom. The summed E-state index contributed by atoms with van der Waals surface area (Å²) in [5, 5.41) is 6.80. The molecule has 0 radical (unpaired) electrons. The molecule has 0 aliphatic rings. The first-order chi connectivity index (χ1) is 8.74. The third kappa shape index (κ3) is 6.50. The molecule has 0 aromatic heterocycles. The van der Waals surface area contributed by atoms with Gasteiger partial charge in [-0.05, 0) is 49.7 Å². The molecule has 0 atom stereocenters. The molecule has 0 aliphatic carbocycles. The summed E-state index contributed by atoms with van der Waals surface area (Å²) in [5.41, 5.74) is 2.70. The Kier molecular flexibility index (Phi) is 8.25. The van der Waals surface area contributed by atoms with Gasteiger partial charge in [0.15, 0.2) is 0 Å². The number of rotatable bonds is 9. The highest BCUT2D eigenvalue weighted by Gasteiger charge is 1.98. The Labute approximate surface area is 118 Å². The van der Waals surface area contributed by atoms with Gasteiger partial charge in [-0.3, -0.25) is 0 Å². The molecule has 102 valence electrons. The Hall–Kier alpha value is -0.420. The second-order valence-corrected chi connectivity index (χ2v) is 5.26. The van der Waals surface area contributed by atoms with E-state index in [1.165, 1.54) is 11.1 Å². The van der Waals surface area contributed by atoms with Gasteiger partial charge in [0.1, 0.15) is 0 Å². The van der Waals surface area contributed by atoms with Crippen molar-refractivity contribution in [1.82, 2.24) is 10.6 Å². The van der Waals surface area contributed by atoms with Gasteiger partial charge in [0.25, 0.3) is 0 Å². The maximum atomic E-state index is 4.97. The fourth-order valence-corrected chi connectivity index (χ4v) is 2.10. The molecule has 2 N–H and O–H groups in total. The molecule has 3 nitrogen and oxygen atoms in total. The molecular weight excluding hydrogens is 292 g/mol. The van der Waals surface area contributed by atoms with Crippen LogP contribution in [0.4, 0.5) is 0 Å². The van der Waals surface area contributed by atoms with Gasteiger partial charge in [-0.15, -0.1) is 0 Å². The van der Waals surface area contributed by atoms with Gasteiger partial charge in [0, 0.05) is 24.7 Å². The van der Waals surface area contributed by atoms with Crippen molar-refractivity contribution in [2.45, 2.75) is 19.9 Å². The number of hydrogen-bond acceptors (Lipinski definition) is 3. The van der Waals surface area contributed by atoms with Crippen molar-refractivity contribution in [3.05, 3.63) is 33.8 Å². The van der Waals surface area contributed by atoms with Gasteiger partial charge in [-0.2, -0.15) is 0 Å². The van der Waals surface area contributed by atoms with Crippen LogP contribution in [0.25, 0.3) is 0 Å². The fourth-order valence-electron chi connectivity index (χ4n) is 1.69. The van der Waals surface area contributed by atoms with E-state index in [9.17, 15) is 0 Å². The summed E-state index contributed by atoms with van der Waals surface area (Å²) in [4.78, 5) is 0. The highest BCUT2D eigenvalue weighted by atomic mass is 79.9. The number of methoxy groups -OCH3 is 1. The molecule has 0 saturated heterocycles. The van der Waals surface area contributed by atoms with Crippen LogP contribution in [0.1, 0.15) is 17.5 Å². The van der Waals surface area contributed by atoms with Gasteiger partial charge >= 0.3 is 0 Å². The van der Waals surface area contributed by atoms with Crippen molar-refractivity contribution in [2.24, 2.45) is 0 Å². The zero-order chi connectivity index (χ0) is 13.2. The van der Waals surface area contributed by atoms with E-state index >= 15 is 0 Å². The van der Waals surface area contributed by atoms with E-state index in [0.29, 0.717) is 0 Å². The second-order valence-electron chi connectivity index (χ2n) is 4.34. The number of halogens is 1. The molecule has 18 heavy (non-hydrogen) atoms. The van der Waals surface area contributed by atoms with E-state index in [2.05, 4.69) is 51.7 Å². The van der Waals surface area contributed by atoms with Crippen LogP contribution < -0.4 is 10.6 Å². The van der Waals surface area contributed by atoms with E-state index in [-0.39, 0.29) is 0 Å². The summed E-state index contributed by atoms with van der Waals surface area (Å²) in [6.45, 7) is 6.87. The van der Waals surface area contributed by atoms with E-state index < -0.39 is 0 Å². The third-order valence-corrected chi connectivity index (χ3v) is 3.31. The first-order valence-corrected chi connectivity index (χ1v) is 7.18. The van der Waals surface area contributed by atoms with Crippen molar-refractivity contribution in [3.8, 4) is 0 Å². The van der Waals surface area contributed by atoms with Gasteiger partial charge in [-0.1, -0.05) is 22.0 Å². The zero-order valence-corrected chi connectivity index (χ0v) is 12.8. The summed E-state index contributed by atoms with van der Waals surface area (Å²) in [7, 11) is 1.73. The van der Waals surface area contributed by atoms with Crippen LogP contribution in [0, 0.1) is 6.92 Å². The highest BCUT2D eigenvalue weighted by molar-refractivity contribution is 9.10. The quantitative estimate of drug-likeness (QED) is 0.687. The predicted molar refractivity (Wildman–Crippen MR) is 79.9 cm³/mol. The molecule has 4 heteroatoms. The van der Waals surface area contributed by atoms with Crippen molar-refractivity contribution in [1.29, 1.82) is 0 Å². The maximum absolute atomic E-state index is 4.97. The molecule has 1 aromatic carbocycles. The van der Waals surface area contributed by atoms with E-state index in [1.807, 2.05) is 0 Å². The maximum Gasteiger partial charge on any atom is 0.0587 e. The van der Waals surface area contributed by atoms with Crippen molar-refractivity contribution in [2.75, 3.05) is 33.4 Å². The Balaban J connectivity index is 2.09. The number of aryl methyl sites for hydroxylation is 1. The van der Waals surface area contributed by atoms with Crippen LogP contribution >= 0.6 is 15.9 Å². The molecule has 1 aromatic rings. The van der Waals surface area contributed by atoms with E-state index in [4.69, 9.17) is 4.74 Å². The SMILES string of the molecule is COCCNCCCNCc1cc(Br)ccc1C. The molecule has 0 bridgehead atoms. The highest BCUT2D eigenvalue weighted by Crippen LogP contribution is 2.15. The first-order valence-electron chi connectivity index (χ1n) is 6.39. The number of benzene rings is 1. The number of ether oxygens (including phenoxy) is 1. The largest absolute Gasteiger partial charge is 0.383 e. The predicted octanol–water partition coefficient (Wildman–Crippen LogP) is 2.47. The van der Waals surface area contributed by atoms with E-state index in [1.54, 1.807) is 7.11 Å². The molecule has 0 spiro atoms. The van der Waals surface area contributed by atoms with Crippen LogP contribution in [-0.4, -0.2) is 33.4 Å². The topological polar surface area (TPSA) is 33.3 Å². The summed E-state index contributed by atoms with van der Waals surface area (Å²) in [6.07, 6.45) is 1.14. The Morgan fingerprint density at radius 3 is 2.72 bits per heavy atom. The Bertz CT molecular complexity index is 345. The smallest absolute Gasteiger partial charge is 0.0587 e. The molecule has 0 fully saturated rings. The van der Waals surface area contributed by atoms with Crippen molar-refractivity contribution < 1.29 is 4.74 Å². The second kappa shape index (κ2) is 9.50. The van der Waals surface area contributed by atoms with E-state index in [0.717, 1.165) is 43.7 Å². The molecule has 0 unspecified atom stereocenters. The minimum Gasteiger partial charge on any atom is -0.383 e. The summed E-state index contributed by atoms with van der Waals surface area (Å²) < 4.78 is 6.11. The average Bonchev–Trinajstić information content (AvgIpc) is 2.36. The number of hydrogen-bond donors (Lipinski definition) is 2. The van der Waals surface area contributed by atoms with Crippen molar-refractivity contribution >= 4 is 15.9 Å². The average molecular weight is 315 g/mol. The minimum atomic E-state index is 0.782. The lowest BCUT2D eigenvalue weighted by atomic mass is 10.1. The van der Waals surface area contributed by atoms with Gasteiger partial charge < -0.3 is 15.4 Å². The lowest BCUT2D eigenvalue weighted by Crippen LogP contribution is -2.24. The fraction of sp³-hybridized carbons (Fsp3) is 0.571. The molecule has 0 amide bonds. The van der Waals surface area contributed by atoms with Gasteiger partial charge in [0.05, 0.1) is 6.61 Å². The van der Waals surface area contributed by atoms with Gasteiger partial charge in [-0.25, -0.2) is 0 Å². The Morgan fingerprint density at radius 2 is 1.94 bits per heavy atom. The molecule has 0 heterocycles. The lowest BCUT2D eigenvalue weighted by Gasteiger charge is -2.09. The van der Waals surface area contributed by atoms with Crippen LogP contribution in [0.2, 0.25) is 0 Å². The summed E-state index contributed by atoms with van der Waals surface area (Å²) in [5.74, 6) is 0. The first kappa shape index (κ1) is 15.6. The van der Waals surface area contributed by atoms with Crippen LogP contribution in [0.3, 0.4) is 0 Å². The monoisotopic (exact) mass is 314 g/mol. The standard InChI is InChI=1S/C14H23BrN2O/c1-12-4-5-14(15)10-13(12)11-17-7-3-6-16-8-9-18-2/h4-5,10,16-17H,3,6-9,11H2,1-2H3. The molecular formula is C14H23BrN2O. The molecule has 1 rings (SSSR count). The molecule has 0 aliphatic heterocycles. The van der Waals surface area contributed by atoms with Crippen LogP contribution in [-0.2, 0) is 11.3 Å². The normalized spacial score (nSPS) is 10.8. The zero-order valence-electron chi connectivity index (χ0n) is 11.3. The van der Waals surface area contributed by atoms with Crippen LogP contribution in [0.15, 0.2) is 22.7 Å². The van der Waals surface area contributed by atoms with Crippen molar-refractivity contribution in [3.63, 3.8) is 0 Å². The third-order valence-electron chi connectivity index (χ3n) is 2.82. The van der Waals surface area contributed by atoms with Gasteiger partial charge in [0.2, 0.25) is 0 Å². The lowest BCUT2D eigenvalue weighted by molar-refractivity contribution is 0.199. The minimum absolute atomic E-state index is 0.782.